The molecule has 2 aromatic carbocycles. The summed E-state index contributed by atoms with van der Waals surface area (Å²) < 4.78 is 0. The van der Waals surface area contributed by atoms with Gasteiger partial charge in [0, 0.05) is 24.5 Å². The minimum atomic E-state index is 0.508. The summed E-state index contributed by atoms with van der Waals surface area (Å²) in [5.41, 5.74) is 11.2. The van der Waals surface area contributed by atoms with Gasteiger partial charge in [-0.2, -0.15) is 0 Å². The number of benzene rings is 2. The number of hydrogen-bond donors (Lipinski definition) is 3. The van der Waals surface area contributed by atoms with Crippen molar-refractivity contribution in [1.29, 1.82) is 0 Å². The summed E-state index contributed by atoms with van der Waals surface area (Å²) >= 11 is 0. The van der Waals surface area contributed by atoms with Crippen molar-refractivity contribution in [2.75, 3.05) is 23.7 Å². The number of nitrogens with two attached hydrogens (primary N) is 1. The van der Waals surface area contributed by atoms with Crippen LogP contribution in [0.4, 0.5) is 11.4 Å². The fraction of sp³-hybridized carbons (Fsp3) is 0.350. The van der Waals surface area contributed by atoms with Crippen molar-refractivity contribution in [1.82, 2.24) is 0 Å². The molecule has 0 atom stereocenters. The first-order chi connectivity index (χ1) is 11.8. The molecule has 0 fully saturated rings. The Morgan fingerprint density at radius 1 is 1.00 bits per heavy atom. The van der Waals surface area contributed by atoms with Gasteiger partial charge in [-0.3, -0.25) is 4.99 Å². The summed E-state index contributed by atoms with van der Waals surface area (Å²) in [5.74, 6) is 0.508. The van der Waals surface area contributed by atoms with E-state index in [9.17, 15) is 0 Å². The van der Waals surface area contributed by atoms with Crippen LogP contribution in [0, 0.1) is 0 Å². The molecule has 0 aromatic heterocycles. The minimum absolute atomic E-state index is 0.508. The highest BCUT2D eigenvalue weighted by Crippen LogP contribution is 2.27. The molecule has 0 heterocycles. The molecule has 0 bridgehead atoms. The van der Waals surface area contributed by atoms with Gasteiger partial charge in [-0.05, 0) is 61.4 Å². The Kier molecular flexibility index (Phi) is 5.72. The lowest BCUT2D eigenvalue weighted by Crippen LogP contribution is -2.24. The van der Waals surface area contributed by atoms with Crippen molar-refractivity contribution in [3.05, 3.63) is 59.7 Å². The fourth-order valence-electron chi connectivity index (χ4n) is 3.14. The average molecular weight is 322 g/mol. The highest BCUT2D eigenvalue weighted by molar-refractivity contribution is 5.93. The maximum atomic E-state index is 6.05. The summed E-state index contributed by atoms with van der Waals surface area (Å²) in [6.07, 6.45) is 5.80. The third kappa shape index (κ3) is 4.51. The Bertz CT molecular complexity index is 679. The molecule has 0 saturated carbocycles. The number of aliphatic imine (C=N–C) groups is 1. The molecule has 0 saturated heterocycles. The van der Waals surface area contributed by atoms with Gasteiger partial charge in [0.2, 0.25) is 0 Å². The van der Waals surface area contributed by atoms with E-state index in [0.29, 0.717) is 12.5 Å². The molecule has 0 unspecified atom stereocenters. The quantitative estimate of drug-likeness (QED) is 0.431. The Labute approximate surface area is 144 Å². The van der Waals surface area contributed by atoms with Crippen LogP contribution in [0.25, 0.3) is 0 Å². The third-order valence-corrected chi connectivity index (χ3v) is 4.38. The SMILES string of the molecule is NC(=NCCCNc1ccccc1)Nc1cccc2c1CCCC2. The van der Waals surface area contributed by atoms with Crippen molar-refractivity contribution in [3.63, 3.8) is 0 Å². The van der Waals surface area contributed by atoms with Crippen LogP contribution in [-0.4, -0.2) is 19.0 Å². The van der Waals surface area contributed by atoms with Gasteiger partial charge in [0.15, 0.2) is 5.96 Å². The highest BCUT2D eigenvalue weighted by atomic mass is 15.1. The van der Waals surface area contributed by atoms with E-state index in [1.807, 2.05) is 18.2 Å². The van der Waals surface area contributed by atoms with Crippen molar-refractivity contribution in [2.24, 2.45) is 10.7 Å². The number of hydrogen-bond acceptors (Lipinski definition) is 2. The van der Waals surface area contributed by atoms with Crippen LogP contribution in [0.15, 0.2) is 53.5 Å². The van der Waals surface area contributed by atoms with Gasteiger partial charge in [-0.25, -0.2) is 0 Å². The second-order valence-corrected chi connectivity index (χ2v) is 6.19. The summed E-state index contributed by atoms with van der Waals surface area (Å²) in [6.45, 7) is 1.61. The molecule has 1 aliphatic carbocycles. The van der Waals surface area contributed by atoms with Crippen LogP contribution in [0.3, 0.4) is 0 Å². The summed E-state index contributed by atoms with van der Waals surface area (Å²) in [4.78, 5) is 4.44. The second kappa shape index (κ2) is 8.39. The van der Waals surface area contributed by atoms with Gasteiger partial charge in [-0.15, -0.1) is 0 Å². The molecular weight excluding hydrogens is 296 g/mol. The van der Waals surface area contributed by atoms with Gasteiger partial charge >= 0.3 is 0 Å². The molecule has 3 rings (SSSR count). The average Bonchev–Trinajstić information content (AvgIpc) is 2.63. The number of guanidine groups is 1. The number of nitrogens with zero attached hydrogens (tertiary/aromatic N) is 1. The molecule has 2 aromatic rings. The molecule has 4 N–H and O–H groups in total. The van der Waals surface area contributed by atoms with Crippen molar-refractivity contribution < 1.29 is 0 Å². The lowest BCUT2D eigenvalue weighted by molar-refractivity contribution is 0.687. The zero-order valence-electron chi connectivity index (χ0n) is 14.1. The molecule has 1 aliphatic rings. The molecule has 4 heteroatoms. The maximum absolute atomic E-state index is 6.05. The van der Waals surface area contributed by atoms with Crippen LogP contribution in [0.1, 0.15) is 30.4 Å². The number of aryl methyl sites for hydroxylation is 1. The number of para-hydroxylation sites is 1. The number of anilines is 2. The first kappa shape index (κ1) is 16.4. The normalized spacial score (nSPS) is 14.1. The number of fused-ring (bicyclic) bond motifs is 1. The smallest absolute Gasteiger partial charge is 0.193 e. The van der Waals surface area contributed by atoms with Gasteiger partial charge < -0.3 is 16.4 Å². The van der Waals surface area contributed by atoms with Crippen LogP contribution >= 0.6 is 0 Å². The van der Waals surface area contributed by atoms with Crippen molar-refractivity contribution in [3.8, 4) is 0 Å². The Balaban J connectivity index is 1.46. The van der Waals surface area contributed by atoms with Crippen molar-refractivity contribution >= 4 is 17.3 Å². The molecule has 4 nitrogen and oxygen atoms in total. The molecular formula is C20H26N4. The first-order valence-corrected chi connectivity index (χ1v) is 8.79. The summed E-state index contributed by atoms with van der Waals surface area (Å²) in [6, 6.07) is 16.6. The summed E-state index contributed by atoms with van der Waals surface area (Å²) in [5, 5.41) is 6.66. The van der Waals surface area contributed by atoms with Crippen LogP contribution in [0.5, 0.6) is 0 Å². The molecule has 126 valence electrons. The van der Waals surface area contributed by atoms with E-state index in [4.69, 9.17) is 5.73 Å². The third-order valence-electron chi connectivity index (χ3n) is 4.38. The summed E-state index contributed by atoms with van der Waals surface area (Å²) in [7, 11) is 0. The molecule has 0 spiro atoms. The van der Waals surface area contributed by atoms with Gasteiger partial charge in [0.05, 0.1) is 0 Å². The molecule has 0 radical (unpaired) electrons. The van der Waals surface area contributed by atoms with Crippen LogP contribution in [0.2, 0.25) is 0 Å². The van der Waals surface area contributed by atoms with Crippen molar-refractivity contribution in [2.45, 2.75) is 32.1 Å². The van der Waals surface area contributed by atoms with E-state index in [2.05, 4.69) is 46.0 Å². The van der Waals surface area contributed by atoms with E-state index >= 15 is 0 Å². The van der Waals surface area contributed by atoms with Gasteiger partial charge in [-0.1, -0.05) is 30.3 Å². The predicted octanol–water partition coefficient (Wildman–Crippen LogP) is 3.79. The van der Waals surface area contributed by atoms with Crippen LogP contribution < -0.4 is 16.4 Å². The lowest BCUT2D eigenvalue weighted by atomic mass is 9.90. The lowest BCUT2D eigenvalue weighted by Gasteiger charge is -2.19. The maximum Gasteiger partial charge on any atom is 0.193 e. The van der Waals surface area contributed by atoms with E-state index < -0.39 is 0 Å². The fourth-order valence-corrected chi connectivity index (χ4v) is 3.14. The molecule has 24 heavy (non-hydrogen) atoms. The minimum Gasteiger partial charge on any atom is -0.385 e. The topological polar surface area (TPSA) is 62.4 Å². The molecule has 0 aliphatic heterocycles. The highest BCUT2D eigenvalue weighted by Gasteiger charge is 2.12. The van der Waals surface area contributed by atoms with E-state index in [0.717, 1.165) is 30.8 Å². The molecule has 0 amide bonds. The van der Waals surface area contributed by atoms with E-state index in [1.54, 1.807) is 0 Å². The monoisotopic (exact) mass is 322 g/mol. The number of nitrogens with one attached hydrogen (secondary N) is 2. The largest absolute Gasteiger partial charge is 0.385 e. The standard InChI is InChI=1S/C20H26N4/c21-20(23-15-7-14-22-17-10-2-1-3-11-17)24-19-13-6-9-16-8-4-5-12-18(16)19/h1-3,6,9-11,13,22H,4-5,7-8,12,14-15H2,(H3,21,23,24). The van der Waals surface area contributed by atoms with Gasteiger partial charge in [0.25, 0.3) is 0 Å². The van der Waals surface area contributed by atoms with Gasteiger partial charge in [0.1, 0.15) is 0 Å². The Hall–Kier alpha value is -2.49. The van der Waals surface area contributed by atoms with E-state index in [-0.39, 0.29) is 0 Å². The predicted molar refractivity (Wildman–Crippen MR) is 103 cm³/mol. The zero-order chi connectivity index (χ0) is 16.6. The zero-order valence-corrected chi connectivity index (χ0v) is 14.1. The Morgan fingerprint density at radius 2 is 1.83 bits per heavy atom. The number of rotatable bonds is 6. The first-order valence-electron chi connectivity index (χ1n) is 8.79. The second-order valence-electron chi connectivity index (χ2n) is 6.19. The van der Waals surface area contributed by atoms with Crippen LogP contribution in [-0.2, 0) is 12.8 Å². The van der Waals surface area contributed by atoms with E-state index in [1.165, 1.54) is 30.4 Å². The Morgan fingerprint density at radius 3 is 2.71 bits per heavy atom.